The van der Waals surface area contributed by atoms with Gasteiger partial charge in [0.25, 0.3) is 0 Å². The van der Waals surface area contributed by atoms with Crippen molar-refractivity contribution >= 4 is 5.97 Å². The van der Waals surface area contributed by atoms with Gasteiger partial charge in [-0.1, -0.05) is 6.08 Å². The molecule has 0 heterocycles. The summed E-state index contributed by atoms with van der Waals surface area (Å²) in [6.45, 7) is 1.77. The Hall–Kier alpha value is -1.25. The summed E-state index contributed by atoms with van der Waals surface area (Å²) in [5.41, 5.74) is 7.09. The second-order valence-electron chi connectivity index (χ2n) is 2.63. The SMILES string of the molecule is CC1=CCCC(N)=C1C(=O)O. The van der Waals surface area contributed by atoms with Crippen LogP contribution in [0.2, 0.25) is 0 Å². The molecule has 0 saturated carbocycles. The minimum atomic E-state index is -0.920. The van der Waals surface area contributed by atoms with Crippen LogP contribution in [-0.2, 0) is 4.79 Å². The van der Waals surface area contributed by atoms with E-state index in [2.05, 4.69) is 0 Å². The Balaban J connectivity index is 3.04. The van der Waals surface area contributed by atoms with Crippen LogP contribution in [-0.4, -0.2) is 11.1 Å². The molecular weight excluding hydrogens is 142 g/mol. The van der Waals surface area contributed by atoms with E-state index in [9.17, 15) is 4.79 Å². The summed E-state index contributed by atoms with van der Waals surface area (Å²) >= 11 is 0. The Labute approximate surface area is 65.2 Å². The summed E-state index contributed by atoms with van der Waals surface area (Å²) in [6.07, 6.45) is 3.42. The van der Waals surface area contributed by atoms with Crippen molar-refractivity contribution in [3.8, 4) is 0 Å². The van der Waals surface area contributed by atoms with Crippen molar-refractivity contribution in [2.24, 2.45) is 5.73 Å². The number of nitrogens with two attached hydrogens (primary N) is 1. The van der Waals surface area contributed by atoms with Crippen molar-refractivity contribution in [2.45, 2.75) is 19.8 Å². The van der Waals surface area contributed by atoms with Gasteiger partial charge in [-0.15, -0.1) is 0 Å². The first-order valence-electron chi connectivity index (χ1n) is 3.52. The molecule has 3 nitrogen and oxygen atoms in total. The summed E-state index contributed by atoms with van der Waals surface area (Å²) in [7, 11) is 0. The Morgan fingerprint density at radius 1 is 1.73 bits per heavy atom. The minimum absolute atomic E-state index is 0.288. The Morgan fingerprint density at radius 2 is 2.36 bits per heavy atom. The first-order chi connectivity index (χ1) is 5.13. The number of allylic oxidation sites excluding steroid dienone is 2. The number of carbonyl (C=O) groups is 1. The molecule has 1 aliphatic rings. The fourth-order valence-electron chi connectivity index (χ4n) is 1.23. The molecule has 0 aliphatic heterocycles. The predicted octanol–water partition coefficient (Wildman–Crippen LogP) is 1.02. The summed E-state index contributed by atoms with van der Waals surface area (Å²) in [6, 6.07) is 0. The van der Waals surface area contributed by atoms with Crippen LogP contribution in [0.4, 0.5) is 0 Å². The molecule has 0 aromatic heterocycles. The highest BCUT2D eigenvalue weighted by atomic mass is 16.4. The van der Waals surface area contributed by atoms with Crippen LogP contribution >= 0.6 is 0 Å². The van der Waals surface area contributed by atoms with Gasteiger partial charge >= 0.3 is 5.97 Å². The van der Waals surface area contributed by atoms with E-state index in [-0.39, 0.29) is 5.57 Å². The van der Waals surface area contributed by atoms with Gasteiger partial charge in [0.1, 0.15) is 0 Å². The Bertz CT molecular complexity index is 251. The molecule has 0 unspecified atom stereocenters. The highest BCUT2D eigenvalue weighted by Crippen LogP contribution is 2.21. The molecular formula is C8H11NO2. The van der Waals surface area contributed by atoms with Gasteiger partial charge in [-0.25, -0.2) is 4.79 Å². The third kappa shape index (κ3) is 1.42. The van der Waals surface area contributed by atoms with E-state index < -0.39 is 5.97 Å². The van der Waals surface area contributed by atoms with E-state index in [1.165, 1.54) is 0 Å². The van der Waals surface area contributed by atoms with Gasteiger partial charge < -0.3 is 10.8 Å². The van der Waals surface area contributed by atoms with Gasteiger partial charge in [-0.2, -0.15) is 0 Å². The van der Waals surface area contributed by atoms with Crippen LogP contribution in [0, 0.1) is 0 Å². The molecule has 1 aliphatic carbocycles. The molecule has 0 spiro atoms. The van der Waals surface area contributed by atoms with Crippen molar-refractivity contribution in [3.63, 3.8) is 0 Å². The van der Waals surface area contributed by atoms with E-state index in [1.807, 2.05) is 6.08 Å². The van der Waals surface area contributed by atoms with Gasteiger partial charge in [0.15, 0.2) is 0 Å². The number of carboxylic acids is 1. The Morgan fingerprint density at radius 3 is 2.73 bits per heavy atom. The lowest BCUT2D eigenvalue weighted by atomic mass is 9.97. The van der Waals surface area contributed by atoms with Crippen LogP contribution < -0.4 is 5.73 Å². The standard InChI is InChI=1S/C8H11NO2/c1-5-3-2-4-6(9)7(5)8(10)11/h3H,2,4,9H2,1H3,(H,10,11). The quantitative estimate of drug-likeness (QED) is 0.591. The fourth-order valence-corrected chi connectivity index (χ4v) is 1.23. The summed E-state index contributed by atoms with van der Waals surface area (Å²) in [5.74, 6) is -0.920. The second kappa shape index (κ2) is 2.78. The van der Waals surface area contributed by atoms with Crippen molar-refractivity contribution in [3.05, 3.63) is 22.9 Å². The zero-order chi connectivity index (χ0) is 8.43. The molecule has 11 heavy (non-hydrogen) atoms. The average Bonchev–Trinajstić information content (AvgIpc) is 1.85. The Kier molecular flexibility index (Phi) is 1.98. The molecule has 0 bridgehead atoms. The van der Waals surface area contributed by atoms with Gasteiger partial charge in [0.2, 0.25) is 0 Å². The molecule has 3 N–H and O–H groups in total. The third-order valence-corrected chi connectivity index (χ3v) is 1.79. The van der Waals surface area contributed by atoms with Crippen molar-refractivity contribution < 1.29 is 9.90 Å². The van der Waals surface area contributed by atoms with Crippen LogP contribution in [0.25, 0.3) is 0 Å². The van der Waals surface area contributed by atoms with E-state index in [0.717, 1.165) is 12.0 Å². The normalized spacial score (nSPS) is 18.1. The molecule has 0 amide bonds. The van der Waals surface area contributed by atoms with E-state index >= 15 is 0 Å². The number of carboxylic acid groups (broad SMARTS) is 1. The molecule has 0 atom stereocenters. The van der Waals surface area contributed by atoms with Crippen LogP contribution in [0.1, 0.15) is 19.8 Å². The van der Waals surface area contributed by atoms with E-state index in [0.29, 0.717) is 12.1 Å². The topological polar surface area (TPSA) is 63.3 Å². The maximum atomic E-state index is 10.6. The number of aliphatic carboxylic acids is 1. The van der Waals surface area contributed by atoms with Gasteiger partial charge in [-0.05, 0) is 25.3 Å². The highest BCUT2D eigenvalue weighted by Gasteiger charge is 2.16. The summed E-state index contributed by atoms with van der Waals surface area (Å²) < 4.78 is 0. The number of rotatable bonds is 1. The molecule has 1 rings (SSSR count). The monoisotopic (exact) mass is 153 g/mol. The minimum Gasteiger partial charge on any atom is -0.478 e. The zero-order valence-corrected chi connectivity index (χ0v) is 6.42. The zero-order valence-electron chi connectivity index (χ0n) is 6.42. The lowest BCUT2D eigenvalue weighted by Crippen LogP contribution is -2.14. The second-order valence-corrected chi connectivity index (χ2v) is 2.63. The number of hydrogen-bond donors (Lipinski definition) is 2. The van der Waals surface area contributed by atoms with Crippen molar-refractivity contribution in [2.75, 3.05) is 0 Å². The fraction of sp³-hybridized carbons (Fsp3) is 0.375. The first-order valence-corrected chi connectivity index (χ1v) is 3.52. The summed E-state index contributed by atoms with van der Waals surface area (Å²) in [5, 5.41) is 8.70. The molecule has 3 heteroatoms. The molecule has 0 saturated heterocycles. The molecule has 0 radical (unpaired) electrons. The average molecular weight is 153 g/mol. The molecule has 60 valence electrons. The van der Waals surface area contributed by atoms with Crippen LogP contribution in [0.15, 0.2) is 22.9 Å². The third-order valence-electron chi connectivity index (χ3n) is 1.79. The number of hydrogen-bond acceptors (Lipinski definition) is 2. The van der Waals surface area contributed by atoms with Crippen molar-refractivity contribution in [1.29, 1.82) is 0 Å². The molecule has 0 fully saturated rings. The van der Waals surface area contributed by atoms with Gasteiger partial charge in [0.05, 0.1) is 5.57 Å². The van der Waals surface area contributed by atoms with E-state index in [1.54, 1.807) is 6.92 Å². The maximum Gasteiger partial charge on any atom is 0.337 e. The molecule has 0 aromatic rings. The maximum absolute atomic E-state index is 10.6. The largest absolute Gasteiger partial charge is 0.478 e. The molecule has 0 aromatic carbocycles. The summed E-state index contributed by atoms with van der Waals surface area (Å²) in [4.78, 5) is 10.6. The van der Waals surface area contributed by atoms with Crippen molar-refractivity contribution in [1.82, 2.24) is 0 Å². The predicted molar refractivity (Wildman–Crippen MR) is 41.8 cm³/mol. The lowest BCUT2D eigenvalue weighted by molar-refractivity contribution is -0.132. The highest BCUT2D eigenvalue weighted by molar-refractivity contribution is 5.92. The van der Waals surface area contributed by atoms with Crippen LogP contribution in [0.5, 0.6) is 0 Å². The van der Waals surface area contributed by atoms with Crippen LogP contribution in [0.3, 0.4) is 0 Å². The van der Waals surface area contributed by atoms with Gasteiger partial charge in [0, 0.05) is 5.70 Å². The van der Waals surface area contributed by atoms with E-state index in [4.69, 9.17) is 10.8 Å². The smallest absolute Gasteiger partial charge is 0.337 e. The first kappa shape index (κ1) is 7.85. The lowest BCUT2D eigenvalue weighted by Gasteiger charge is -2.12. The van der Waals surface area contributed by atoms with Gasteiger partial charge in [-0.3, -0.25) is 0 Å².